The molecule has 4 nitrogen and oxygen atoms in total. The monoisotopic (exact) mass is 300 g/mol. The topological polar surface area (TPSA) is 43.8 Å². The quantitative estimate of drug-likeness (QED) is 0.794. The SMILES string of the molecule is CC(=O)N1CC[C@]23CCN(C)[C@H](Cc4ccc(O)cc42)[C@@H]3C1. The molecule has 2 bridgehead atoms. The summed E-state index contributed by atoms with van der Waals surface area (Å²) in [5.41, 5.74) is 2.89. The van der Waals surface area contributed by atoms with E-state index in [9.17, 15) is 9.90 Å². The molecule has 2 fully saturated rings. The van der Waals surface area contributed by atoms with E-state index in [0.29, 0.717) is 17.7 Å². The van der Waals surface area contributed by atoms with Crippen LogP contribution in [0.15, 0.2) is 18.2 Å². The lowest BCUT2D eigenvalue weighted by molar-refractivity contribution is -0.134. The molecule has 118 valence electrons. The van der Waals surface area contributed by atoms with Crippen LogP contribution in [0, 0.1) is 5.92 Å². The highest BCUT2D eigenvalue weighted by Gasteiger charge is 2.54. The fraction of sp³-hybridized carbons (Fsp3) is 0.611. The zero-order valence-electron chi connectivity index (χ0n) is 13.4. The normalized spacial score (nSPS) is 34.0. The Morgan fingerprint density at radius 3 is 2.86 bits per heavy atom. The molecule has 4 rings (SSSR count). The van der Waals surface area contributed by atoms with Crippen molar-refractivity contribution in [2.24, 2.45) is 5.92 Å². The van der Waals surface area contributed by atoms with Crippen molar-refractivity contribution in [3.63, 3.8) is 0 Å². The molecule has 0 spiro atoms. The van der Waals surface area contributed by atoms with E-state index in [1.165, 1.54) is 11.1 Å². The summed E-state index contributed by atoms with van der Waals surface area (Å²) in [6.07, 6.45) is 3.19. The first-order valence-electron chi connectivity index (χ1n) is 8.29. The summed E-state index contributed by atoms with van der Waals surface area (Å²) in [6, 6.07) is 6.42. The van der Waals surface area contributed by atoms with Gasteiger partial charge in [0, 0.05) is 37.4 Å². The Bertz CT molecular complexity index is 630. The molecule has 22 heavy (non-hydrogen) atoms. The number of benzene rings is 1. The van der Waals surface area contributed by atoms with Gasteiger partial charge in [-0.1, -0.05) is 6.07 Å². The molecule has 0 unspecified atom stereocenters. The summed E-state index contributed by atoms with van der Waals surface area (Å²) in [4.78, 5) is 16.3. The third kappa shape index (κ3) is 1.83. The Kier molecular flexibility index (Phi) is 3.02. The first kappa shape index (κ1) is 14.1. The summed E-state index contributed by atoms with van der Waals surface area (Å²) >= 11 is 0. The molecule has 4 heteroatoms. The van der Waals surface area contributed by atoms with Gasteiger partial charge in [-0.15, -0.1) is 0 Å². The van der Waals surface area contributed by atoms with E-state index < -0.39 is 0 Å². The Labute approximate surface area is 131 Å². The van der Waals surface area contributed by atoms with Crippen LogP contribution in [-0.2, 0) is 16.6 Å². The zero-order chi connectivity index (χ0) is 15.5. The van der Waals surface area contributed by atoms with Gasteiger partial charge in [0.05, 0.1) is 0 Å². The van der Waals surface area contributed by atoms with Crippen molar-refractivity contribution < 1.29 is 9.90 Å². The van der Waals surface area contributed by atoms with Crippen LogP contribution < -0.4 is 0 Å². The highest BCUT2D eigenvalue weighted by molar-refractivity contribution is 5.73. The van der Waals surface area contributed by atoms with E-state index in [1.54, 1.807) is 6.92 Å². The third-order valence-corrected chi connectivity index (χ3v) is 6.40. The van der Waals surface area contributed by atoms with Crippen molar-refractivity contribution in [1.82, 2.24) is 9.80 Å². The van der Waals surface area contributed by atoms with Gasteiger partial charge in [-0.3, -0.25) is 4.79 Å². The number of carbonyl (C=O) groups is 1. The molecule has 2 saturated heterocycles. The predicted octanol–water partition coefficient (Wildman–Crippen LogP) is 1.76. The van der Waals surface area contributed by atoms with Crippen molar-refractivity contribution in [2.75, 3.05) is 26.7 Å². The Hall–Kier alpha value is -1.55. The Morgan fingerprint density at radius 2 is 2.09 bits per heavy atom. The Balaban J connectivity index is 1.82. The fourth-order valence-corrected chi connectivity index (χ4v) is 5.16. The van der Waals surface area contributed by atoms with Crippen molar-refractivity contribution in [1.29, 1.82) is 0 Å². The molecule has 3 aliphatic rings. The number of amides is 1. The van der Waals surface area contributed by atoms with Gasteiger partial charge in [-0.25, -0.2) is 0 Å². The lowest BCUT2D eigenvalue weighted by atomic mass is 9.54. The minimum Gasteiger partial charge on any atom is -0.508 e. The highest BCUT2D eigenvalue weighted by Crippen LogP contribution is 2.53. The molecule has 2 aliphatic heterocycles. The van der Waals surface area contributed by atoms with Crippen molar-refractivity contribution in [3.05, 3.63) is 29.3 Å². The summed E-state index contributed by atoms with van der Waals surface area (Å²) < 4.78 is 0. The van der Waals surface area contributed by atoms with E-state index in [0.717, 1.165) is 38.9 Å². The van der Waals surface area contributed by atoms with Gasteiger partial charge >= 0.3 is 0 Å². The van der Waals surface area contributed by atoms with Crippen LogP contribution in [0.1, 0.15) is 30.9 Å². The lowest BCUT2D eigenvalue weighted by Gasteiger charge is -2.59. The number of likely N-dealkylation sites (N-methyl/N-ethyl adjacent to an activating group) is 1. The molecule has 0 aromatic heterocycles. The smallest absolute Gasteiger partial charge is 0.219 e. The largest absolute Gasteiger partial charge is 0.508 e. The molecule has 0 saturated carbocycles. The Morgan fingerprint density at radius 1 is 1.32 bits per heavy atom. The molecule has 1 aliphatic carbocycles. The molecular formula is C18H24N2O2. The van der Waals surface area contributed by atoms with Crippen LogP contribution >= 0.6 is 0 Å². The van der Waals surface area contributed by atoms with Crippen LogP contribution in [0.4, 0.5) is 0 Å². The number of phenolic OH excluding ortho intramolecular Hbond substituents is 1. The first-order valence-corrected chi connectivity index (χ1v) is 8.29. The van der Waals surface area contributed by atoms with Crippen LogP contribution in [0.5, 0.6) is 5.75 Å². The number of aromatic hydroxyl groups is 1. The maximum atomic E-state index is 11.8. The molecule has 0 radical (unpaired) electrons. The summed E-state index contributed by atoms with van der Waals surface area (Å²) in [6.45, 7) is 4.49. The van der Waals surface area contributed by atoms with Crippen LogP contribution in [-0.4, -0.2) is 53.5 Å². The minimum absolute atomic E-state index is 0.148. The number of fused-ring (bicyclic) bond motifs is 1. The number of carbonyl (C=O) groups excluding carboxylic acids is 1. The molecule has 1 aromatic carbocycles. The standard InChI is InChI=1S/C18H24N2O2/c1-12(21)20-8-6-18-5-7-19(2)17(16(18)11-20)9-13-3-4-14(22)10-15(13)18/h3-4,10,16-17,22H,5-9,11H2,1-2H3/t16-,17+,18+/m0/s1. The van der Waals surface area contributed by atoms with Gasteiger partial charge in [0.25, 0.3) is 0 Å². The number of hydrogen-bond acceptors (Lipinski definition) is 3. The maximum absolute atomic E-state index is 11.8. The second kappa shape index (κ2) is 4.72. The predicted molar refractivity (Wildman–Crippen MR) is 84.9 cm³/mol. The van der Waals surface area contributed by atoms with E-state index >= 15 is 0 Å². The third-order valence-electron chi connectivity index (χ3n) is 6.40. The van der Waals surface area contributed by atoms with Gasteiger partial charge < -0.3 is 14.9 Å². The van der Waals surface area contributed by atoms with Gasteiger partial charge in [0.1, 0.15) is 5.75 Å². The summed E-state index contributed by atoms with van der Waals surface area (Å²) in [5.74, 6) is 1.05. The average molecular weight is 300 g/mol. The number of hydrogen-bond donors (Lipinski definition) is 1. The zero-order valence-corrected chi connectivity index (χ0v) is 13.4. The average Bonchev–Trinajstić information content (AvgIpc) is 2.51. The van der Waals surface area contributed by atoms with E-state index in [1.807, 2.05) is 17.0 Å². The van der Waals surface area contributed by atoms with Crippen molar-refractivity contribution in [2.45, 2.75) is 37.6 Å². The fourth-order valence-electron chi connectivity index (χ4n) is 5.16. The van der Waals surface area contributed by atoms with Crippen LogP contribution in [0.25, 0.3) is 0 Å². The number of rotatable bonds is 0. The first-order chi connectivity index (χ1) is 10.5. The van der Waals surface area contributed by atoms with Crippen molar-refractivity contribution in [3.8, 4) is 5.75 Å². The number of phenols is 1. The molecule has 3 atom stereocenters. The van der Waals surface area contributed by atoms with E-state index in [4.69, 9.17) is 0 Å². The highest BCUT2D eigenvalue weighted by atomic mass is 16.3. The van der Waals surface area contributed by atoms with Gasteiger partial charge in [-0.05, 0) is 56.1 Å². The molecule has 1 N–H and O–H groups in total. The van der Waals surface area contributed by atoms with Gasteiger partial charge in [0.2, 0.25) is 5.91 Å². The summed E-state index contributed by atoms with van der Waals surface area (Å²) in [7, 11) is 2.21. The maximum Gasteiger partial charge on any atom is 0.219 e. The van der Waals surface area contributed by atoms with E-state index in [2.05, 4.69) is 18.0 Å². The molecule has 2 heterocycles. The van der Waals surface area contributed by atoms with Crippen LogP contribution in [0.3, 0.4) is 0 Å². The van der Waals surface area contributed by atoms with E-state index in [-0.39, 0.29) is 11.3 Å². The minimum atomic E-state index is 0.148. The second-order valence-electron chi connectivity index (χ2n) is 7.32. The second-order valence-corrected chi connectivity index (χ2v) is 7.32. The number of piperidine rings is 2. The number of nitrogens with zero attached hydrogens (tertiary/aromatic N) is 2. The van der Waals surface area contributed by atoms with Crippen LogP contribution in [0.2, 0.25) is 0 Å². The van der Waals surface area contributed by atoms with Crippen molar-refractivity contribution >= 4 is 5.91 Å². The summed E-state index contributed by atoms with van der Waals surface area (Å²) in [5, 5.41) is 9.99. The molecular weight excluding hydrogens is 276 g/mol. The lowest BCUT2D eigenvalue weighted by Crippen LogP contribution is -2.65. The number of likely N-dealkylation sites (tertiary alicyclic amines) is 2. The van der Waals surface area contributed by atoms with Gasteiger partial charge in [-0.2, -0.15) is 0 Å². The molecule has 1 aromatic rings. The van der Waals surface area contributed by atoms with Gasteiger partial charge in [0.15, 0.2) is 0 Å². The molecule has 1 amide bonds.